The normalized spacial score (nSPS) is 12.5. The number of para-hydroxylation sites is 1. The van der Waals surface area contributed by atoms with Crippen molar-refractivity contribution in [2.45, 2.75) is 13.3 Å². The zero-order chi connectivity index (χ0) is 10.4. The zero-order valence-corrected chi connectivity index (χ0v) is 8.98. The molecule has 0 saturated carbocycles. The van der Waals surface area contributed by atoms with Crippen molar-refractivity contribution in [3.63, 3.8) is 0 Å². The Morgan fingerprint density at radius 2 is 1.93 bits per heavy atom. The van der Waals surface area contributed by atoms with Crippen molar-refractivity contribution < 1.29 is 5.11 Å². The Labute approximate surface area is 86.2 Å². The minimum Gasteiger partial charge on any atom is -0.396 e. The fraction of sp³-hybridized carbons (Fsp3) is 0.500. The molecule has 0 aliphatic rings. The second-order valence-corrected chi connectivity index (χ2v) is 3.67. The topological polar surface area (TPSA) is 23.5 Å². The highest BCUT2D eigenvalue weighted by atomic mass is 16.3. The molecule has 0 fully saturated rings. The summed E-state index contributed by atoms with van der Waals surface area (Å²) in [5.74, 6) is 0.375. The predicted octanol–water partition coefficient (Wildman–Crippen LogP) is 2.14. The Morgan fingerprint density at radius 1 is 1.29 bits per heavy atom. The van der Waals surface area contributed by atoms with Crippen molar-refractivity contribution >= 4 is 5.69 Å². The van der Waals surface area contributed by atoms with Crippen LogP contribution in [0.5, 0.6) is 0 Å². The molecule has 0 spiro atoms. The third-order valence-corrected chi connectivity index (χ3v) is 2.56. The maximum atomic E-state index is 9.10. The summed E-state index contributed by atoms with van der Waals surface area (Å²) in [5.41, 5.74) is 1.21. The highest BCUT2D eigenvalue weighted by Gasteiger charge is 2.08. The van der Waals surface area contributed by atoms with E-state index in [-0.39, 0.29) is 6.61 Å². The fourth-order valence-electron chi connectivity index (χ4n) is 1.49. The lowest BCUT2D eigenvalue weighted by Gasteiger charge is -2.23. The van der Waals surface area contributed by atoms with Crippen LogP contribution < -0.4 is 4.90 Å². The second kappa shape index (κ2) is 5.66. The van der Waals surface area contributed by atoms with Crippen LogP contribution in [0.3, 0.4) is 0 Å². The van der Waals surface area contributed by atoms with E-state index in [1.54, 1.807) is 0 Å². The van der Waals surface area contributed by atoms with Gasteiger partial charge in [0.15, 0.2) is 0 Å². The summed E-state index contributed by atoms with van der Waals surface area (Å²) in [7, 11) is 2.06. The van der Waals surface area contributed by atoms with Gasteiger partial charge in [0.2, 0.25) is 0 Å². The van der Waals surface area contributed by atoms with Gasteiger partial charge in [-0.2, -0.15) is 0 Å². The largest absolute Gasteiger partial charge is 0.396 e. The van der Waals surface area contributed by atoms with Gasteiger partial charge in [0, 0.05) is 25.9 Å². The first-order chi connectivity index (χ1) is 6.77. The summed E-state index contributed by atoms with van der Waals surface area (Å²) >= 11 is 0. The smallest absolute Gasteiger partial charge is 0.0476 e. The number of aliphatic hydroxyl groups excluding tert-OH is 1. The summed E-state index contributed by atoms with van der Waals surface area (Å²) in [6, 6.07) is 10.3. The molecule has 0 heterocycles. The number of anilines is 1. The van der Waals surface area contributed by atoms with Gasteiger partial charge in [-0.3, -0.25) is 0 Å². The van der Waals surface area contributed by atoms with Crippen LogP contribution in [0, 0.1) is 5.92 Å². The summed E-state index contributed by atoms with van der Waals surface area (Å²) in [6.45, 7) is 3.30. The monoisotopic (exact) mass is 193 g/mol. The fourth-order valence-corrected chi connectivity index (χ4v) is 1.49. The lowest BCUT2D eigenvalue weighted by Crippen LogP contribution is -2.26. The molecule has 1 N–H and O–H groups in total. The molecule has 0 saturated heterocycles. The molecule has 0 bridgehead atoms. The van der Waals surface area contributed by atoms with Crippen LogP contribution in [0.2, 0.25) is 0 Å². The first-order valence-corrected chi connectivity index (χ1v) is 5.15. The van der Waals surface area contributed by atoms with Gasteiger partial charge < -0.3 is 10.0 Å². The van der Waals surface area contributed by atoms with Crippen LogP contribution in [0.25, 0.3) is 0 Å². The van der Waals surface area contributed by atoms with Gasteiger partial charge in [-0.05, 0) is 24.5 Å². The van der Waals surface area contributed by atoms with E-state index in [0.717, 1.165) is 13.0 Å². The molecule has 1 rings (SSSR count). The predicted molar refractivity (Wildman–Crippen MR) is 60.6 cm³/mol. The van der Waals surface area contributed by atoms with E-state index in [4.69, 9.17) is 5.11 Å². The molecule has 0 aliphatic carbocycles. The summed E-state index contributed by atoms with van der Waals surface area (Å²) < 4.78 is 0. The van der Waals surface area contributed by atoms with Crippen LogP contribution in [-0.4, -0.2) is 25.3 Å². The molecule has 1 atom stereocenters. The summed E-state index contributed by atoms with van der Waals surface area (Å²) in [4.78, 5) is 2.18. The lowest BCUT2D eigenvalue weighted by atomic mass is 10.1. The average Bonchev–Trinajstić information content (AvgIpc) is 2.26. The highest BCUT2D eigenvalue weighted by molar-refractivity contribution is 5.44. The van der Waals surface area contributed by atoms with Gasteiger partial charge in [-0.25, -0.2) is 0 Å². The number of hydrogen-bond acceptors (Lipinski definition) is 2. The van der Waals surface area contributed by atoms with Gasteiger partial charge >= 0.3 is 0 Å². The number of benzene rings is 1. The highest BCUT2D eigenvalue weighted by Crippen LogP contribution is 2.13. The van der Waals surface area contributed by atoms with Crippen molar-refractivity contribution in [2.75, 3.05) is 25.1 Å². The minimum absolute atomic E-state index is 0.272. The van der Waals surface area contributed by atoms with Gasteiger partial charge in [0.1, 0.15) is 0 Å². The molecule has 0 radical (unpaired) electrons. The number of aliphatic hydroxyl groups is 1. The van der Waals surface area contributed by atoms with E-state index < -0.39 is 0 Å². The number of nitrogens with zero attached hydrogens (tertiary/aromatic N) is 1. The van der Waals surface area contributed by atoms with Crippen LogP contribution in [-0.2, 0) is 0 Å². The minimum atomic E-state index is 0.272. The number of hydrogen-bond donors (Lipinski definition) is 1. The molecular formula is C12H19NO. The molecule has 0 aliphatic heterocycles. The van der Waals surface area contributed by atoms with E-state index >= 15 is 0 Å². The third kappa shape index (κ3) is 3.04. The quantitative estimate of drug-likeness (QED) is 0.774. The van der Waals surface area contributed by atoms with Crippen molar-refractivity contribution in [1.29, 1.82) is 0 Å². The molecule has 1 unspecified atom stereocenters. The van der Waals surface area contributed by atoms with Gasteiger partial charge in [-0.15, -0.1) is 0 Å². The average molecular weight is 193 g/mol. The standard InChI is InChI=1S/C12H19NO/c1-3-11(10-14)9-13(2)12-7-5-4-6-8-12/h4-8,11,14H,3,9-10H2,1-2H3. The zero-order valence-electron chi connectivity index (χ0n) is 8.98. The van der Waals surface area contributed by atoms with Gasteiger partial charge in [0.25, 0.3) is 0 Å². The first kappa shape index (κ1) is 11.1. The lowest BCUT2D eigenvalue weighted by molar-refractivity contribution is 0.225. The molecule has 1 aromatic rings. The SMILES string of the molecule is CCC(CO)CN(C)c1ccccc1. The summed E-state index contributed by atoms with van der Waals surface area (Å²) in [6.07, 6.45) is 1.02. The van der Waals surface area contributed by atoms with Gasteiger partial charge in [-0.1, -0.05) is 25.1 Å². The molecule has 14 heavy (non-hydrogen) atoms. The van der Waals surface area contributed by atoms with E-state index in [1.165, 1.54) is 5.69 Å². The molecule has 0 aromatic heterocycles. The van der Waals surface area contributed by atoms with Crippen LogP contribution in [0.15, 0.2) is 30.3 Å². The Balaban J connectivity index is 2.54. The molecule has 2 heteroatoms. The molecule has 0 amide bonds. The van der Waals surface area contributed by atoms with Crippen LogP contribution >= 0.6 is 0 Å². The third-order valence-electron chi connectivity index (χ3n) is 2.56. The van der Waals surface area contributed by atoms with Crippen molar-refractivity contribution in [2.24, 2.45) is 5.92 Å². The van der Waals surface area contributed by atoms with Crippen LogP contribution in [0.4, 0.5) is 5.69 Å². The Morgan fingerprint density at radius 3 is 2.43 bits per heavy atom. The maximum Gasteiger partial charge on any atom is 0.0476 e. The van der Waals surface area contributed by atoms with Gasteiger partial charge in [0.05, 0.1) is 0 Å². The second-order valence-electron chi connectivity index (χ2n) is 3.67. The summed E-state index contributed by atoms with van der Waals surface area (Å²) in [5, 5.41) is 9.10. The Hall–Kier alpha value is -1.02. The Bertz CT molecular complexity index is 244. The van der Waals surface area contributed by atoms with E-state index in [1.807, 2.05) is 18.2 Å². The number of rotatable bonds is 5. The molecule has 1 aromatic carbocycles. The first-order valence-electron chi connectivity index (χ1n) is 5.15. The van der Waals surface area contributed by atoms with Crippen molar-refractivity contribution in [3.05, 3.63) is 30.3 Å². The van der Waals surface area contributed by atoms with Crippen molar-refractivity contribution in [1.82, 2.24) is 0 Å². The van der Waals surface area contributed by atoms with Crippen molar-refractivity contribution in [3.8, 4) is 0 Å². The van der Waals surface area contributed by atoms with E-state index in [2.05, 4.69) is 31.0 Å². The van der Waals surface area contributed by atoms with E-state index in [0.29, 0.717) is 5.92 Å². The maximum absolute atomic E-state index is 9.10. The molecule has 78 valence electrons. The molecule has 2 nitrogen and oxygen atoms in total. The van der Waals surface area contributed by atoms with Crippen LogP contribution in [0.1, 0.15) is 13.3 Å². The molecular weight excluding hydrogens is 174 g/mol. The Kier molecular flexibility index (Phi) is 4.47. The van der Waals surface area contributed by atoms with E-state index in [9.17, 15) is 0 Å².